The number of phenols is 1. The second kappa shape index (κ2) is 8.54. The maximum Gasteiger partial charge on any atom is 0.331 e. The van der Waals surface area contributed by atoms with Crippen LogP contribution in [-0.4, -0.2) is 30.7 Å². The van der Waals surface area contributed by atoms with E-state index in [-0.39, 0.29) is 12.4 Å². The molecule has 0 saturated heterocycles. The van der Waals surface area contributed by atoms with Crippen LogP contribution in [-0.2, 0) is 14.3 Å². The van der Waals surface area contributed by atoms with Crippen LogP contribution in [0.1, 0.15) is 11.1 Å². The van der Waals surface area contributed by atoms with Crippen LogP contribution < -0.4 is 10.1 Å². The van der Waals surface area contributed by atoms with Gasteiger partial charge in [-0.3, -0.25) is 4.79 Å². The molecule has 0 radical (unpaired) electrons. The molecule has 0 aliphatic heterocycles. The van der Waals surface area contributed by atoms with E-state index in [4.69, 9.17) is 9.47 Å². The Morgan fingerprint density at radius 3 is 2.68 bits per heavy atom. The first-order valence-corrected chi connectivity index (χ1v) is 7.57. The lowest BCUT2D eigenvalue weighted by molar-refractivity contribution is -0.142. The highest BCUT2D eigenvalue weighted by atomic mass is 16.5. The molecule has 2 rings (SSSR count). The molecular weight excluding hydrogens is 322 g/mol. The number of hydrogen-bond donors (Lipinski definition) is 2. The second-order valence-electron chi connectivity index (χ2n) is 5.24. The molecule has 0 bridgehead atoms. The normalized spacial score (nSPS) is 10.5. The van der Waals surface area contributed by atoms with E-state index in [0.717, 1.165) is 5.56 Å². The van der Waals surface area contributed by atoms with Crippen molar-refractivity contribution >= 4 is 23.6 Å². The zero-order chi connectivity index (χ0) is 18.2. The van der Waals surface area contributed by atoms with E-state index in [9.17, 15) is 14.7 Å². The van der Waals surface area contributed by atoms with Gasteiger partial charge >= 0.3 is 5.97 Å². The number of amides is 1. The molecule has 130 valence electrons. The first kappa shape index (κ1) is 18.1. The Morgan fingerprint density at radius 1 is 1.20 bits per heavy atom. The van der Waals surface area contributed by atoms with Crippen molar-refractivity contribution in [1.82, 2.24) is 0 Å². The monoisotopic (exact) mass is 341 g/mol. The maximum absolute atomic E-state index is 11.8. The van der Waals surface area contributed by atoms with Crippen LogP contribution in [0.3, 0.4) is 0 Å². The van der Waals surface area contributed by atoms with E-state index in [2.05, 4.69) is 5.32 Å². The average molecular weight is 341 g/mol. The van der Waals surface area contributed by atoms with Crippen LogP contribution in [0.25, 0.3) is 6.08 Å². The van der Waals surface area contributed by atoms with Gasteiger partial charge in [-0.25, -0.2) is 4.79 Å². The minimum atomic E-state index is -0.646. The zero-order valence-electron chi connectivity index (χ0n) is 14.0. The van der Waals surface area contributed by atoms with Gasteiger partial charge in [0.25, 0.3) is 5.91 Å². The van der Waals surface area contributed by atoms with E-state index in [1.807, 2.05) is 25.1 Å². The number of ether oxygens (including phenoxy) is 2. The highest BCUT2D eigenvalue weighted by Gasteiger charge is 2.07. The Labute approximate surface area is 145 Å². The third-order valence-corrected chi connectivity index (χ3v) is 3.38. The largest absolute Gasteiger partial charge is 0.504 e. The molecule has 6 heteroatoms. The fourth-order valence-electron chi connectivity index (χ4n) is 2.05. The van der Waals surface area contributed by atoms with E-state index in [1.54, 1.807) is 18.2 Å². The number of methoxy groups -OCH3 is 1. The third-order valence-electron chi connectivity index (χ3n) is 3.38. The SMILES string of the molecule is COc1cc(/C=C/C(=O)OCC(=O)Nc2ccccc2C)ccc1O. The lowest BCUT2D eigenvalue weighted by Crippen LogP contribution is -2.20. The van der Waals surface area contributed by atoms with Crippen molar-refractivity contribution in [3.63, 3.8) is 0 Å². The third kappa shape index (κ3) is 5.39. The molecule has 0 saturated carbocycles. The molecule has 0 spiro atoms. The maximum atomic E-state index is 11.8. The first-order valence-electron chi connectivity index (χ1n) is 7.57. The van der Waals surface area contributed by atoms with Gasteiger partial charge in [-0.1, -0.05) is 24.3 Å². The summed E-state index contributed by atoms with van der Waals surface area (Å²) in [6, 6.07) is 12.0. The Bertz CT molecular complexity index is 798. The summed E-state index contributed by atoms with van der Waals surface area (Å²) in [5, 5.41) is 12.2. The highest BCUT2D eigenvalue weighted by Crippen LogP contribution is 2.26. The minimum absolute atomic E-state index is 0.00935. The van der Waals surface area contributed by atoms with Crippen LogP contribution in [0.2, 0.25) is 0 Å². The molecule has 25 heavy (non-hydrogen) atoms. The predicted octanol–water partition coefficient (Wildman–Crippen LogP) is 2.90. The van der Waals surface area contributed by atoms with Gasteiger partial charge in [-0.05, 0) is 42.3 Å². The van der Waals surface area contributed by atoms with Crippen LogP contribution in [0, 0.1) is 6.92 Å². The number of carbonyl (C=O) groups is 2. The van der Waals surface area contributed by atoms with Crippen molar-refractivity contribution in [3.05, 3.63) is 59.7 Å². The fraction of sp³-hybridized carbons (Fsp3) is 0.158. The van der Waals surface area contributed by atoms with E-state index >= 15 is 0 Å². The topological polar surface area (TPSA) is 84.9 Å². The van der Waals surface area contributed by atoms with Crippen LogP contribution >= 0.6 is 0 Å². The van der Waals surface area contributed by atoms with Gasteiger partial charge in [0.05, 0.1) is 7.11 Å². The van der Waals surface area contributed by atoms with Crippen molar-refractivity contribution in [2.75, 3.05) is 19.0 Å². The molecule has 6 nitrogen and oxygen atoms in total. The van der Waals surface area contributed by atoms with Crippen molar-refractivity contribution < 1.29 is 24.2 Å². The number of carbonyl (C=O) groups excluding carboxylic acids is 2. The molecule has 2 aromatic rings. The number of aromatic hydroxyl groups is 1. The number of para-hydroxylation sites is 1. The lowest BCUT2D eigenvalue weighted by Gasteiger charge is -2.07. The van der Waals surface area contributed by atoms with Crippen molar-refractivity contribution in [2.45, 2.75) is 6.92 Å². The second-order valence-corrected chi connectivity index (χ2v) is 5.24. The quantitative estimate of drug-likeness (QED) is 0.623. The highest BCUT2D eigenvalue weighted by molar-refractivity contribution is 5.95. The van der Waals surface area contributed by atoms with E-state index in [0.29, 0.717) is 17.0 Å². The van der Waals surface area contributed by atoms with Gasteiger partial charge in [-0.2, -0.15) is 0 Å². The molecule has 0 unspecified atom stereocenters. The first-order chi connectivity index (χ1) is 12.0. The molecule has 0 aliphatic carbocycles. The summed E-state index contributed by atoms with van der Waals surface area (Å²) < 4.78 is 9.88. The summed E-state index contributed by atoms with van der Waals surface area (Å²) in [6.07, 6.45) is 2.70. The summed E-state index contributed by atoms with van der Waals surface area (Å²) >= 11 is 0. The molecule has 2 aromatic carbocycles. The number of benzene rings is 2. The molecule has 0 aliphatic rings. The number of rotatable bonds is 6. The Hall–Kier alpha value is -3.28. The van der Waals surface area contributed by atoms with E-state index < -0.39 is 11.9 Å². The van der Waals surface area contributed by atoms with E-state index in [1.165, 1.54) is 25.3 Å². The van der Waals surface area contributed by atoms with Gasteiger partial charge in [0.2, 0.25) is 0 Å². The van der Waals surface area contributed by atoms with Gasteiger partial charge in [0.15, 0.2) is 18.1 Å². The van der Waals surface area contributed by atoms with Crippen molar-refractivity contribution in [3.8, 4) is 11.5 Å². The molecule has 0 aromatic heterocycles. The Morgan fingerprint density at radius 2 is 1.96 bits per heavy atom. The summed E-state index contributed by atoms with van der Waals surface area (Å²) in [5.74, 6) is -0.752. The van der Waals surface area contributed by atoms with Crippen LogP contribution in [0.15, 0.2) is 48.5 Å². The lowest BCUT2D eigenvalue weighted by atomic mass is 10.2. The fourth-order valence-corrected chi connectivity index (χ4v) is 2.05. The van der Waals surface area contributed by atoms with Gasteiger partial charge < -0.3 is 19.9 Å². The molecule has 0 atom stereocenters. The Kier molecular flexibility index (Phi) is 6.17. The Balaban J connectivity index is 1.86. The molecule has 2 N–H and O–H groups in total. The summed E-state index contributed by atoms with van der Waals surface area (Å²) in [7, 11) is 1.43. The zero-order valence-corrected chi connectivity index (χ0v) is 14.0. The van der Waals surface area contributed by atoms with Gasteiger partial charge in [0, 0.05) is 11.8 Å². The molecule has 0 heterocycles. The number of esters is 1. The molecule has 0 fully saturated rings. The number of hydrogen-bond acceptors (Lipinski definition) is 5. The number of aryl methyl sites for hydroxylation is 1. The summed E-state index contributed by atoms with van der Waals surface area (Å²) in [4.78, 5) is 23.5. The smallest absolute Gasteiger partial charge is 0.331 e. The number of nitrogens with one attached hydrogen (secondary N) is 1. The minimum Gasteiger partial charge on any atom is -0.504 e. The van der Waals surface area contributed by atoms with Crippen LogP contribution in [0.4, 0.5) is 5.69 Å². The predicted molar refractivity (Wildman–Crippen MR) is 94.5 cm³/mol. The summed E-state index contributed by atoms with van der Waals surface area (Å²) in [5.41, 5.74) is 2.24. The number of phenolic OH excluding ortho intramolecular Hbond substituents is 1. The summed E-state index contributed by atoms with van der Waals surface area (Å²) in [6.45, 7) is 1.49. The van der Waals surface area contributed by atoms with Crippen molar-refractivity contribution in [2.24, 2.45) is 0 Å². The van der Waals surface area contributed by atoms with Gasteiger partial charge in [-0.15, -0.1) is 0 Å². The number of anilines is 1. The molecular formula is C19H19NO5. The van der Waals surface area contributed by atoms with Gasteiger partial charge in [0.1, 0.15) is 0 Å². The van der Waals surface area contributed by atoms with Crippen LogP contribution in [0.5, 0.6) is 11.5 Å². The van der Waals surface area contributed by atoms with Crippen molar-refractivity contribution in [1.29, 1.82) is 0 Å². The standard InChI is InChI=1S/C19H19NO5/c1-13-5-3-4-6-15(13)20-18(22)12-25-19(23)10-8-14-7-9-16(21)17(11-14)24-2/h3-11,21H,12H2,1-2H3,(H,20,22)/b10-8+. The average Bonchev–Trinajstić information content (AvgIpc) is 2.61. The molecule has 1 amide bonds.